The molecule has 23 heavy (non-hydrogen) atoms. The number of amides is 2. The van der Waals surface area contributed by atoms with Crippen LogP contribution in [0.1, 0.15) is 27.0 Å². The number of carbonyl (C=O) groups is 2. The Bertz CT molecular complexity index is 688. The Hall–Kier alpha value is -2.82. The van der Waals surface area contributed by atoms with Crippen LogP contribution in [0.15, 0.2) is 42.5 Å². The summed E-state index contributed by atoms with van der Waals surface area (Å²) in [7, 11) is 0. The molecule has 0 saturated carbocycles. The average Bonchev–Trinajstić information content (AvgIpc) is 2.50. The summed E-state index contributed by atoms with van der Waals surface area (Å²) in [4.78, 5) is 22.4. The second kappa shape index (κ2) is 7.45. The third-order valence-corrected chi connectivity index (χ3v) is 3.23. The first kappa shape index (κ1) is 16.5. The van der Waals surface area contributed by atoms with Crippen LogP contribution < -0.4 is 15.8 Å². The zero-order chi connectivity index (χ0) is 16.8. The summed E-state index contributed by atoms with van der Waals surface area (Å²) < 4.78 is 5.73. The maximum Gasteiger partial charge on any atom is 0.251 e. The van der Waals surface area contributed by atoms with Crippen LogP contribution in [0.25, 0.3) is 0 Å². The molecule has 0 spiro atoms. The van der Waals surface area contributed by atoms with Gasteiger partial charge in [0.15, 0.2) is 0 Å². The van der Waals surface area contributed by atoms with Crippen molar-refractivity contribution in [3.8, 4) is 5.75 Å². The summed E-state index contributed by atoms with van der Waals surface area (Å²) in [5, 5.41) is 2.43. The number of nitrogens with one attached hydrogen (secondary N) is 1. The molecule has 2 amide bonds. The van der Waals surface area contributed by atoms with E-state index in [0.717, 1.165) is 5.56 Å². The van der Waals surface area contributed by atoms with Crippen LogP contribution in [0.4, 0.5) is 0 Å². The van der Waals surface area contributed by atoms with E-state index >= 15 is 0 Å². The number of hydrogen-bond donors (Lipinski definition) is 2. The van der Waals surface area contributed by atoms with E-state index in [1.165, 1.54) is 11.1 Å². The summed E-state index contributed by atoms with van der Waals surface area (Å²) >= 11 is 0. The molecule has 0 heterocycles. The first-order chi connectivity index (χ1) is 10.9. The average molecular weight is 312 g/mol. The standard InChI is InChI=1S/C18H20N2O3/c1-12-7-13(2)9-14(8-12)11-23-16-5-3-15(4-6-16)18(22)20-10-17(19)21/h3-9H,10-11H2,1-2H3,(H2,19,21)(H,20,22). The molecule has 0 bridgehead atoms. The quantitative estimate of drug-likeness (QED) is 0.857. The molecule has 0 aromatic heterocycles. The van der Waals surface area contributed by atoms with Gasteiger partial charge in [0.2, 0.25) is 5.91 Å². The predicted octanol–water partition coefficient (Wildman–Crippen LogP) is 2.10. The Morgan fingerprint density at radius 3 is 2.22 bits per heavy atom. The molecule has 2 rings (SSSR count). The number of hydrogen-bond acceptors (Lipinski definition) is 3. The molecule has 0 aliphatic rings. The zero-order valence-electron chi connectivity index (χ0n) is 13.3. The number of carbonyl (C=O) groups excluding carboxylic acids is 2. The molecule has 0 atom stereocenters. The van der Waals surface area contributed by atoms with Gasteiger partial charge in [0.05, 0.1) is 6.54 Å². The largest absolute Gasteiger partial charge is 0.489 e. The lowest BCUT2D eigenvalue weighted by Crippen LogP contribution is -2.33. The van der Waals surface area contributed by atoms with Crippen LogP contribution >= 0.6 is 0 Å². The Morgan fingerprint density at radius 2 is 1.65 bits per heavy atom. The summed E-state index contributed by atoms with van der Waals surface area (Å²) in [6.45, 7) is 4.39. The van der Waals surface area contributed by atoms with Gasteiger partial charge in [-0.3, -0.25) is 9.59 Å². The highest BCUT2D eigenvalue weighted by atomic mass is 16.5. The third kappa shape index (κ3) is 5.14. The van der Waals surface area contributed by atoms with E-state index in [4.69, 9.17) is 10.5 Å². The zero-order valence-corrected chi connectivity index (χ0v) is 13.3. The minimum atomic E-state index is -0.577. The molecule has 2 aromatic carbocycles. The van der Waals surface area contributed by atoms with Gasteiger partial charge in [0, 0.05) is 5.56 Å². The van der Waals surface area contributed by atoms with Crippen molar-refractivity contribution in [2.24, 2.45) is 5.73 Å². The molecule has 2 aromatic rings. The molecule has 0 fully saturated rings. The van der Waals surface area contributed by atoms with Gasteiger partial charge in [-0.25, -0.2) is 0 Å². The molecule has 0 saturated heterocycles. The summed E-state index contributed by atoms with van der Waals surface area (Å²) in [5.74, 6) is -0.243. The van der Waals surface area contributed by atoms with Crippen molar-refractivity contribution in [3.05, 3.63) is 64.7 Å². The van der Waals surface area contributed by atoms with Gasteiger partial charge in [-0.1, -0.05) is 29.3 Å². The second-order valence-electron chi connectivity index (χ2n) is 5.46. The second-order valence-corrected chi connectivity index (χ2v) is 5.46. The van der Waals surface area contributed by atoms with E-state index in [1.54, 1.807) is 24.3 Å². The van der Waals surface area contributed by atoms with Crippen molar-refractivity contribution < 1.29 is 14.3 Å². The third-order valence-electron chi connectivity index (χ3n) is 3.23. The van der Waals surface area contributed by atoms with Crippen molar-refractivity contribution in [1.82, 2.24) is 5.32 Å². The lowest BCUT2D eigenvalue weighted by atomic mass is 10.1. The summed E-state index contributed by atoms with van der Waals surface area (Å²) in [5.41, 5.74) is 8.94. The lowest BCUT2D eigenvalue weighted by Gasteiger charge is -2.09. The highest BCUT2D eigenvalue weighted by Gasteiger charge is 2.06. The molecule has 5 heteroatoms. The van der Waals surface area contributed by atoms with Gasteiger partial charge in [-0.05, 0) is 43.7 Å². The van der Waals surface area contributed by atoms with Gasteiger partial charge < -0.3 is 15.8 Å². The van der Waals surface area contributed by atoms with Crippen LogP contribution in [0.2, 0.25) is 0 Å². The summed E-state index contributed by atoms with van der Waals surface area (Å²) in [6.07, 6.45) is 0. The molecule has 0 aliphatic heterocycles. The van der Waals surface area contributed by atoms with Crippen molar-refractivity contribution in [2.45, 2.75) is 20.5 Å². The molecular weight excluding hydrogens is 292 g/mol. The molecular formula is C18H20N2O3. The van der Waals surface area contributed by atoms with Gasteiger partial charge in [-0.2, -0.15) is 0 Å². The molecule has 0 radical (unpaired) electrons. The Morgan fingerprint density at radius 1 is 1.04 bits per heavy atom. The minimum absolute atomic E-state index is 0.177. The first-order valence-corrected chi connectivity index (χ1v) is 7.30. The van der Waals surface area contributed by atoms with Crippen LogP contribution in [-0.2, 0) is 11.4 Å². The highest BCUT2D eigenvalue weighted by Crippen LogP contribution is 2.16. The molecule has 3 N–H and O–H groups in total. The molecule has 5 nitrogen and oxygen atoms in total. The number of benzene rings is 2. The highest BCUT2D eigenvalue weighted by molar-refractivity contribution is 5.96. The maximum atomic E-state index is 11.8. The van der Waals surface area contributed by atoms with Crippen LogP contribution in [0.5, 0.6) is 5.75 Å². The fourth-order valence-corrected chi connectivity index (χ4v) is 2.29. The Labute approximate surface area is 135 Å². The van der Waals surface area contributed by atoms with Crippen molar-refractivity contribution in [2.75, 3.05) is 6.54 Å². The van der Waals surface area contributed by atoms with Crippen LogP contribution in [0.3, 0.4) is 0 Å². The van der Waals surface area contributed by atoms with E-state index in [1.807, 2.05) is 0 Å². The van der Waals surface area contributed by atoms with Gasteiger partial charge in [-0.15, -0.1) is 0 Å². The fourth-order valence-electron chi connectivity index (χ4n) is 2.29. The number of rotatable bonds is 6. The topological polar surface area (TPSA) is 81.4 Å². The van der Waals surface area contributed by atoms with E-state index in [-0.39, 0.29) is 12.5 Å². The van der Waals surface area contributed by atoms with Crippen molar-refractivity contribution in [1.29, 1.82) is 0 Å². The molecule has 120 valence electrons. The maximum absolute atomic E-state index is 11.8. The van der Waals surface area contributed by atoms with Crippen molar-refractivity contribution in [3.63, 3.8) is 0 Å². The number of nitrogens with two attached hydrogens (primary N) is 1. The van der Waals surface area contributed by atoms with Gasteiger partial charge in [0.1, 0.15) is 12.4 Å². The van der Waals surface area contributed by atoms with Crippen molar-refractivity contribution >= 4 is 11.8 Å². The van der Waals surface area contributed by atoms with Gasteiger partial charge >= 0.3 is 0 Å². The normalized spacial score (nSPS) is 10.2. The smallest absolute Gasteiger partial charge is 0.251 e. The summed E-state index contributed by atoms with van der Waals surface area (Å²) in [6, 6.07) is 13.0. The van der Waals surface area contributed by atoms with Gasteiger partial charge in [0.25, 0.3) is 5.91 Å². The monoisotopic (exact) mass is 312 g/mol. The number of primary amides is 1. The van der Waals surface area contributed by atoms with E-state index < -0.39 is 5.91 Å². The number of aryl methyl sites for hydroxylation is 2. The lowest BCUT2D eigenvalue weighted by molar-refractivity contribution is -0.117. The minimum Gasteiger partial charge on any atom is -0.489 e. The Balaban J connectivity index is 1.94. The first-order valence-electron chi connectivity index (χ1n) is 7.30. The SMILES string of the molecule is Cc1cc(C)cc(COc2ccc(C(=O)NCC(N)=O)cc2)c1. The van der Waals surface area contributed by atoms with E-state index in [9.17, 15) is 9.59 Å². The van der Waals surface area contributed by atoms with E-state index in [0.29, 0.717) is 17.9 Å². The Kier molecular flexibility index (Phi) is 5.36. The fraction of sp³-hybridized carbons (Fsp3) is 0.222. The molecule has 0 unspecified atom stereocenters. The van der Waals surface area contributed by atoms with Crippen LogP contribution in [0, 0.1) is 13.8 Å². The van der Waals surface area contributed by atoms with Crippen LogP contribution in [-0.4, -0.2) is 18.4 Å². The number of ether oxygens (including phenoxy) is 1. The van der Waals surface area contributed by atoms with E-state index in [2.05, 4.69) is 37.4 Å². The predicted molar refractivity (Wildman–Crippen MR) is 88.2 cm³/mol. The molecule has 0 aliphatic carbocycles.